The highest BCUT2D eigenvalue weighted by atomic mass is 16.5. The Morgan fingerprint density at radius 1 is 0.971 bits per heavy atom. The van der Waals surface area contributed by atoms with Crippen LogP contribution in [0.25, 0.3) is 0 Å². The van der Waals surface area contributed by atoms with Gasteiger partial charge in [-0.1, -0.05) is 62.2 Å². The van der Waals surface area contributed by atoms with Gasteiger partial charge in [0.25, 0.3) is 0 Å². The predicted octanol–water partition coefficient (Wildman–Crippen LogP) is 6.05. The van der Waals surface area contributed by atoms with E-state index >= 15 is 0 Å². The lowest BCUT2D eigenvalue weighted by molar-refractivity contribution is -0.133. The topological polar surface area (TPSA) is 32.8 Å². The SMILES string of the molecule is CCCCN1CCOc2ccccc2CCCCC2(CCN(C(=O)Cc3ccccc3C)CC2)C1. The summed E-state index contributed by atoms with van der Waals surface area (Å²) in [6.45, 7) is 10.2. The summed E-state index contributed by atoms with van der Waals surface area (Å²) in [6, 6.07) is 16.9. The van der Waals surface area contributed by atoms with Crippen LogP contribution < -0.4 is 4.74 Å². The summed E-state index contributed by atoms with van der Waals surface area (Å²) in [5.74, 6) is 1.36. The van der Waals surface area contributed by atoms with Crippen molar-refractivity contribution in [3.63, 3.8) is 0 Å². The van der Waals surface area contributed by atoms with Gasteiger partial charge in [0.1, 0.15) is 12.4 Å². The van der Waals surface area contributed by atoms with Crippen LogP contribution in [-0.2, 0) is 17.6 Å². The molecule has 0 aromatic heterocycles. The van der Waals surface area contributed by atoms with E-state index in [1.165, 1.54) is 43.2 Å². The number of para-hydroxylation sites is 1. The summed E-state index contributed by atoms with van der Waals surface area (Å²) in [5, 5.41) is 0. The summed E-state index contributed by atoms with van der Waals surface area (Å²) >= 11 is 0. The van der Waals surface area contributed by atoms with E-state index in [4.69, 9.17) is 4.74 Å². The largest absolute Gasteiger partial charge is 0.492 e. The maximum Gasteiger partial charge on any atom is 0.226 e. The number of unbranched alkanes of at least 4 members (excludes halogenated alkanes) is 1. The summed E-state index contributed by atoms with van der Waals surface area (Å²) in [4.78, 5) is 17.9. The zero-order valence-electron chi connectivity index (χ0n) is 21.9. The molecule has 1 saturated heterocycles. The van der Waals surface area contributed by atoms with Crippen LogP contribution in [0.1, 0.15) is 68.6 Å². The number of hydrogen-bond acceptors (Lipinski definition) is 3. The third-order valence-electron chi connectivity index (χ3n) is 8.21. The minimum Gasteiger partial charge on any atom is -0.492 e. The van der Waals surface area contributed by atoms with E-state index in [9.17, 15) is 4.79 Å². The van der Waals surface area contributed by atoms with Crippen LogP contribution in [0.5, 0.6) is 5.75 Å². The molecule has 1 fully saturated rings. The number of rotatable bonds is 5. The second kappa shape index (κ2) is 12.6. The normalized spacial score (nSPS) is 19.3. The monoisotopic (exact) mass is 476 g/mol. The van der Waals surface area contributed by atoms with Gasteiger partial charge in [-0.25, -0.2) is 0 Å². The van der Waals surface area contributed by atoms with Crippen LogP contribution in [0, 0.1) is 12.3 Å². The van der Waals surface area contributed by atoms with Gasteiger partial charge in [0.2, 0.25) is 5.91 Å². The fourth-order valence-electron chi connectivity index (χ4n) is 5.88. The van der Waals surface area contributed by atoms with E-state index in [0.717, 1.165) is 69.9 Å². The van der Waals surface area contributed by atoms with Crippen molar-refractivity contribution in [2.24, 2.45) is 5.41 Å². The van der Waals surface area contributed by atoms with Gasteiger partial charge in [0.05, 0.1) is 6.42 Å². The minimum absolute atomic E-state index is 0.287. The zero-order valence-corrected chi connectivity index (χ0v) is 21.9. The number of carbonyl (C=O) groups is 1. The molecule has 4 rings (SSSR count). The van der Waals surface area contributed by atoms with Gasteiger partial charge in [0, 0.05) is 26.2 Å². The summed E-state index contributed by atoms with van der Waals surface area (Å²) in [5.41, 5.74) is 4.03. The molecule has 190 valence electrons. The molecule has 4 nitrogen and oxygen atoms in total. The third kappa shape index (κ3) is 7.10. The second-order valence-electron chi connectivity index (χ2n) is 10.8. The van der Waals surface area contributed by atoms with Gasteiger partial charge in [-0.15, -0.1) is 0 Å². The number of fused-ring (bicyclic) bond motifs is 1. The second-order valence-corrected chi connectivity index (χ2v) is 10.8. The van der Waals surface area contributed by atoms with Crippen molar-refractivity contribution in [2.75, 3.05) is 39.3 Å². The van der Waals surface area contributed by atoms with Crippen molar-refractivity contribution in [2.45, 2.75) is 71.6 Å². The predicted molar refractivity (Wildman–Crippen MR) is 144 cm³/mol. The fourth-order valence-corrected chi connectivity index (χ4v) is 5.88. The number of carbonyl (C=O) groups excluding carboxylic acids is 1. The highest BCUT2D eigenvalue weighted by Gasteiger charge is 2.37. The van der Waals surface area contributed by atoms with Crippen molar-refractivity contribution in [1.29, 1.82) is 0 Å². The molecule has 0 aliphatic carbocycles. The van der Waals surface area contributed by atoms with E-state index in [2.05, 4.69) is 60.0 Å². The maximum atomic E-state index is 13.1. The van der Waals surface area contributed by atoms with E-state index in [0.29, 0.717) is 11.8 Å². The molecule has 2 aromatic carbocycles. The zero-order chi connectivity index (χ0) is 24.5. The van der Waals surface area contributed by atoms with Crippen molar-refractivity contribution in [3.05, 3.63) is 65.2 Å². The number of nitrogens with zero attached hydrogens (tertiary/aromatic N) is 2. The molecule has 0 radical (unpaired) electrons. The van der Waals surface area contributed by atoms with Crippen molar-refractivity contribution in [3.8, 4) is 5.75 Å². The van der Waals surface area contributed by atoms with Crippen molar-refractivity contribution < 1.29 is 9.53 Å². The average Bonchev–Trinajstić information content (AvgIpc) is 2.87. The maximum absolute atomic E-state index is 13.1. The van der Waals surface area contributed by atoms with E-state index in [-0.39, 0.29) is 5.91 Å². The Kier molecular flexibility index (Phi) is 9.25. The molecule has 2 aliphatic rings. The Bertz CT molecular complexity index is 949. The van der Waals surface area contributed by atoms with Crippen LogP contribution in [0.2, 0.25) is 0 Å². The molecule has 4 heteroatoms. The van der Waals surface area contributed by atoms with Gasteiger partial charge >= 0.3 is 0 Å². The van der Waals surface area contributed by atoms with Gasteiger partial charge in [-0.2, -0.15) is 0 Å². The first-order valence-electron chi connectivity index (χ1n) is 13.8. The quantitative estimate of drug-likeness (QED) is 0.526. The standard InChI is InChI=1S/C31H44N2O2/c1-3-4-19-32-22-23-35-29-15-8-7-12-27(29)13-9-10-16-31(25-32)17-20-33(21-18-31)30(34)24-28-14-6-5-11-26(28)2/h5-8,11-12,14-15H,3-4,9-10,13,16-25H2,1-2H3. The molecular formula is C31H44N2O2. The number of likely N-dealkylation sites (tertiary alicyclic amines) is 1. The Hall–Kier alpha value is -2.33. The van der Waals surface area contributed by atoms with Crippen LogP contribution in [0.3, 0.4) is 0 Å². The molecule has 0 saturated carbocycles. The molecule has 2 heterocycles. The minimum atomic E-state index is 0.287. The Morgan fingerprint density at radius 3 is 2.54 bits per heavy atom. The smallest absolute Gasteiger partial charge is 0.226 e. The Morgan fingerprint density at radius 2 is 1.74 bits per heavy atom. The van der Waals surface area contributed by atoms with E-state index in [1.807, 2.05) is 12.1 Å². The summed E-state index contributed by atoms with van der Waals surface area (Å²) in [7, 11) is 0. The highest BCUT2D eigenvalue weighted by Crippen LogP contribution is 2.38. The summed E-state index contributed by atoms with van der Waals surface area (Å²) in [6.07, 6.45) is 10.0. The lowest BCUT2D eigenvalue weighted by Crippen LogP contribution is -2.49. The average molecular weight is 477 g/mol. The Labute approximate surface area is 212 Å². The molecule has 1 amide bonds. The lowest BCUT2D eigenvalue weighted by Gasteiger charge is -2.45. The fraction of sp³-hybridized carbons (Fsp3) is 0.581. The third-order valence-corrected chi connectivity index (χ3v) is 8.21. The van der Waals surface area contributed by atoms with E-state index in [1.54, 1.807) is 0 Å². The molecular weight excluding hydrogens is 432 g/mol. The number of benzene rings is 2. The molecule has 0 unspecified atom stereocenters. The van der Waals surface area contributed by atoms with E-state index < -0.39 is 0 Å². The molecule has 0 atom stereocenters. The molecule has 35 heavy (non-hydrogen) atoms. The molecule has 0 N–H and O–H groups in total. The lowest BCUT2D eigenvalue weighted by atomic mass is 9.73. The molecule has 0 bridgehead atoms. The Balaban J connectivity index is 1.42. The number of aryl methyl sites for hydroxylation is 2. The van der Waals surface area contributed by atoms with Crippen LogP contribution in [-0.4, -0.2) is 55.0 Å². The van der Waals surface area contributed by atoms with Gasteiger partial charge in [0.15, 0.2) is 0 Å². The molecule has 2 aliphatic heterocycles. The van der Waals surface area contributed by atoms with Crippen molar-refractivity contribution >= 4 is 5.91 Å². The number of ether oxygens (including phenoxy) is 1. The summed E-state index contributed by atoms with van der Waals surface area (Å²) < 4.78 is 6.27. The molecule has 1 spiro atoms. The molecule has 2 aromatic rings. The van der Waals surface area contributed by atoms with Gasteiger partial charge in [-0.05, 0) is 80.2 Å². The van der Waals surface area contributed by atoms with Gasteiger partial charge < -0.3 is 9.64 Å². The van der Waals surface area contributed by atoms with Crippen molar-refractivity contribution in [1.82, 2.24) is 9.80 Å². The first kappa shape index (κ1) is 25.8. The van der Waals surface area contributed by atoms with Crippen LogP contribution in [0.4, 0.5) is 0 Å². The van der Waals surface area contributed by atoms with Crippen LogP contribution in [0.15, 0.2) is 48.5 Å². The first-order valence-corrected chi connectivity index (χ1v) is 13.8. The highest BCUT2D eigenvalue weighted by molar-refractivity contribution is 5.79. The van der Waals surface area contributed by atoms with Crippen LogP contribution >= 0.6 is 0 Å². The van der Waals surface area contributed by atoms with Gasteiger partial charge in [-0.3, -0.25) is 9.69 Å². The number of amides is 1. The number of piperidine rings is 1. The number of hydrogen-bond donors (Lipinski definition) is 0. The first-order chi connectivity index (χ1) is 17.1.